The topological polar surface area (TPSA) is 133 Å². The number of carbonyl (C=O) groups excluding carboxylic acids is 2. The largest absolute Gasteiger partial charge is 0.480 e. The van der Waals surface area contributed by atoms with E-state index in [0.717, 1.165) is 6.26 Å². The quantitative estimate of drug-likeness (QED) is 0.540. The van der Waals surface area contributed by atoms with Gasteiger partial charge in [0.05, 0.1) is 6.26 Å². The summed E-state index contributed by atoms with van der Waals surface area (Å²) in [6.45, 7) is 3.47. The Hall–Kier alpha value is -2.11. The fourth-order valence-electron chi connectivity index (χ4n) is 3.51. The van der Waals surface area contributed by atoms with Crippen molar-refractivity contribution in [2.24, 2.45) is 0 Å². The molecule has 2 aliphatic heterocycles. The van der Waals surface area contributed by atoms with E-state index in [9.17, 15) is 27.9 Å². The Morgan fingerprint density at radius 3 is 2.39 bits per heavy atom. The van der Waals surface area contributed by atoms with Crippen LogP contribution in [0, 0.1) is 0 Å². The molecular weight excluding hydrogens is 406 g/mol. The summed E-state index contributed by atoms with van der Waals surface area (Å²) in [6, 6.07) is 5.18. The van der Waals surface area contributed by atoms with Gasteiger partial charge in [0.15, 0.2) is 0 Å². The predicted molar refractivity (Wildman–Crippen MR) is 103 cm³/mol. The van der Waals surface area contributed by atoms with Gasteiger partial charge in [-0.3, -0.25) is 9.59 Å². The summed E-state index contributed by atoms with van der Waals surface area (Å²) in [7, 11) is -3.70. The number of β-lactam (4-membered cyclic amide) rings is 1. The van der Waals surface area contributed by atoms with E-state index in [1.807, 2.05) is 0 Å². The number of carboxylic acid groups (broad SMARTS) is 1. The molecule has 0 spiro atoms. The molecule has 2 amide bonds. The molecule has 1 aromatic carbocycles. The van der Waals surface area contributed by atoms with Crippen LogP contribution in [-0.2, 0) is 24.4 Å². The van der Waals surface area contributed by atoms with Crippen LogP contribution in [0.3, 0.4) is 0 Å². The molecule has 9 nitrogen and oxygen atoms in total. The van der Waals surface area contributed by atoms with E-state index in [0.29, 0.717) is 5.56 Å². The maximum absolute atomic E-state index is 12.8. The second kappa shape index (κ2) is 7.05. The fourth-order valence-corrected chi connectivity index (χ4v) is 5.81. The molecule has 28 heavy (non-hydrogen) atoms. The summed E-state index contributed by atoms with van der Waals surface area (Å²) in [5.74, 6) is -2.26. The normalized spacial score (nSPS) is 26.9. The van der Waals surface area contributed by atoms with E-state index in [-0.39, 0.29) is 0 Å². The van der Waals surface area contributed by atoms with Gasteiger partial charge in [-0.2, -0.15) is 4.72 Å². The van der Waals surface area contributed by atoms with Crippen LogP contribution in [0.15, 0.2) is 30.3 Å². The number of carbonyl (C=O) groups is 3. The number of nitrogens with zero attached hydrogens (tertiary/aromatic N) is 1. The van der Waals surface area contributed by atoms with Crippen LogP contribution in [0.25, 0.3) is 0 Å². The standard InChI is InChI=1S/C17H21N3O6S2/c1-17(2)12(16(23)24)20-14(22)11(15(20)27-17)18-13(21)10(19-28(3,25)26)9-7-5-4-6-8-9/h4-8,10-12,15,19H,1-3H3,(H,18,21)(H,23,24). The average molecular weight is 428 g/mol. The minimum Gasteiger partial charge on any atom is -0.480 e. The first-order valence-corrected chi connectivity index (χ1v) is 11.2. The first-order valence-electron chi connectivity index (χ1n) is 8.48. The number of nitrogens with one attached hydrogen (secondary N) is 2. The van der Waals surface area contributed by atoms with E-state index < -0.39 is 56.1 Å². The van der Waals surface area contributed by atoms with Crippen molar-refractivity contribution >= 4 is 39.6 Å². The van der Waals surface area contributed by atoms with Crippen molar-refractivity contribution in [3.8, 4) is 0 Å². The number of sulfonamides is 1. The van der Waals surface area contributed by atoms with Gasteiger partial charge in [0.2, 0.25) is 21.8 Å². The van der Waals surface area contributed by atoms with Crippen LogP contribution < -0.4 is 10.0 Å². The number of aliphatic carboxylic acids is 1. The molecule has 152 valence electrons. The zero-order valence-corrected chi connectivity index (χ0v) is 17.1. The fraction of sp³-hybridized carbons (Fsp3) is 0.471. The maximum atomic E-state index is 12.8. The number of amides is 2. The molecule has 0 saturated carbocycles. The van der Waals surface area contributed by atoms with Crippen molar-refractivity contribution in [2.75, 3.05) is 6.26 Å². The maximum Gasteiger partial charge on any atom is 0.327 e. The highest BCUT2D eigenvalue weighted by molar-refractivity contribution is 8.01. The van der Waals surface area contributed by atoms with E-state index in [1.165, 1.54) is 16.7 Å². The minimum atomic E-state index is -3.70. The molecule has 4 unspecified atom stereocenters. The number of thioether (sulfide) groups is 1. The first kappa shape index (κ1) is 20.6. The molecule has 0 aromatic heterocycles. The molecule has 1 aromatic rings. The van der Waals surface area contributed by atoms with Gasteiger partial charge in [-0.1, -0.05) is 30.3 Å². The molecule has 2 fully saturated rings. The molecule has 11 heteroatoms. The lowest BCUT2D eigenvalue weighted by Gasteiger charge is -2.44. The summed E-state index contributed by atoms with van der Waals surface area (Å²) in [5.41, 5.74) is 0.428. The SMILES string of the molecule is CC1(C)SC2C(NC(=O)C(NS(C)(=O)=O)c3ccccc3)C(=O)N2C1C(=O)O. The van der Waals surface area contributed by atoms with Crippen molar-refractivity contribution in [2.45, 2.75) is 42.1 Å². The summed E-state index contributed by atoms with van der Waals surface area (Å²) in [5, 5.41) is 11.5. The van der Waals surface area contributed by atoms with Crippen LogP contribution in [0.4, 0.5) is 0 Å². The number of hydrogen-bond donors (Lipinski definition) is 3. The van der Waals surface area contributed by atoms with Gasteiger partial charge in [-0.25, -0.2) is 13.2 Å². The molecule has 2 aliphatic rings. The predicted octanol–water partition coefficient (Wildman–Crippen LogP) is -0.0914. The Morgan fingerprint density at radius 1 is 1.25 bits per heavy atom. The van der Waals surface area contributed by atoms with Gasteiger partial charge in [-0.05, 0) is 19.4 Å². The summed E-state index contributed by atoms with van der Waals surface area (Å²) < 4.78 is 25.0. The Bertz CT molecular complexity index is 918. The van der Waals surface area contributed by atoms with E-state index in [2.05, 4.69) is 10.0 Å². The highest BCUT2D eigenvalue weighted by Crippen LogP contribution is 2.50. The average Bonchev–Trinajstić information content (AvgIpc) is 2.85. The number of hydrogen-bond acceptors (Lipinski definition) is 6. The molecule has 0 radical (unpaired) electrons. The first-order chi connectivity index (χ1) is 12.9. The van der Waals surface area contributed by atoms with Crippen molar-refractivity contribution in [1.29, 1.82) is 0 Å². The Labute approximate surface area is 166 Å². The number of rotatable bonds is 6. The highest BCUT2D eigenvalue weighted by atomic mass is 32.2. The van der Waals surface area contributed by atoms with Crippen molar-refractivity contribution in [1.82, 2.24) is 14.9 Å². The van der Waals surface area contributed by atoms with Gasteiger partial charge in [0.1, 0.15) is 23.5 Å². The molecule has 0 bridgehead atoms. The van der Waals surface area contributed by atoms with E-state index >= 15 is 0 Å². The van der Waals surface area contributed by atoms with E-state index in [4.69, 9.17) is 0 Å². The van der Waals surface area contributed by atoms with Gasteiger partial charge < -0.3 is 15.3 Å². The summed E-state index contributed by atoms with van der Waals surface area (Å²) in [6.07, 6.45) is 0.944. The third-order valence-electron chi connectivity index (χ3n) is 4.70. The van der Waals surface area contributed by atoms with E-state index in [1.54, 1.807) is 44.2 Å². The third-order valence-corrected chi connectivity index (χ3v) is 6.94. The van der Waals surface area contributed by atoms with Crippen molar-refractivity contribution < 1.29 is 27.9 Å². The van der Waals surface area contributed by atoms with Crippen molar-refractivity contribution in [3.63, 3.8) is 0 Å². The Morgan fingerprint density at radius 2 is 1.86 bits per heavy atom. The molecule has 2 saturated heterocycles. The highest BCUT2D eigenvalue weighted by Gasteiger charge is 2.64. The molecule has 3 N–H and O–H groups in total. The molecule has 3 rings (SSSR count). The van der Waals surface area contributed by atoms with Gasteiger partial charge >= 0.3 is 5.97 Å². The lowest BCUT2D eigenvalue weighted by atomic mass is 9.95. The molecule has 2 heterocycles. The monoisotopic (exact) mass is 427 g/mol. The Balaban J connectivity index is 1.80. The molecule has 4 atom stereocenters. The van der Waals surface area contributed by atoms with Crippen LogP contribution in [-0.4, -0.2) is 64.7 Å². The smallest absolute Gasteiger partial charge is 0.327 e. The van der Waals surface area contributed by atoms with Gasteiger partial charge in [-0.15, -0.1) is 11.8 Å². The second-order valence-corrected chi connectivity index (χ2v) is 10.9. The third kappa shape index (κ3) is 3.74. The van der Waals surface area contributed by atoms with Crippen molar-refractivity contribution in [3.05, 3.63) is 35.9 Å². The second-order valence-electron chi connectivity index (χ2n) is 7.32. The Kier molecular flexibility index (Phi) is 5.19. The zero-order chi connectivity index (χ0) is 20.9. The van der Waals surface area contributed by atoms with Gasteiger partial charge in [0.25, 0.3) is 0 Å². The summed E-state index contributed by atoms with van der Waals surface area (Å²) >= 11 is 1.30. The summed E-state index contributed by atoms with van der Waals surface area (Å²) in [4.78, 5) is 38.1. The van der Waals surface area contributed by atoms with Crippen LogP contribution in [0.1, 0.15) is 25.5 Å². The van der Waals surface area contributed by atoms with Crippen LogP contribution >= 0.6 is 11.8 Å². The lowest BCUT2D eigenvalue weighted by Crippen LogP contribution is -2.71. The number of carboxylic acids is 1. The van der Waals surface area contributed by atoms with Crippen LogP contribution in [0.2, 0.25) is 0 Å². The zero-order valence-electron chi connectivity index (χ0n) is 15.4. The molecule has 0 aliphatic carbocycles. The number of benzene rings is 1. The lowest BCUT2D eigenvalue weighted by molar-refractivity contribution is -0.161. The minimum absolute atomic E-state index is 0.428. The van der Waals surface area contributed by atoms with Gasteiger partial charge in [0, 0.05) is 4.75 Å². The number of fused-ring (bicyclic) bond motifs is 1. The van der Waals surface area contributed by atoms with Crippen LogP contribution in [0.5, 0.6) is 0 Å². The molecular formula is C17H21N3O6S2.